The molecular formula is C18H18BrN3O4S. The van der Waals surface area contributed by atoms with Gasteiger partial charge in [0.1, 0.15) is 10.5 Å². The van der Waals surface area contributed by atoms with Crippen molar-refractivity contribution in [1.29, 1.82) is 0 Å². The maximum absolute atomic E-state index is 12.8. The first kappa shape index (κ1) is 19.4. The fourth-order valence-electron chi connectivity index (χ4n) is 2.67. The van der Waals surface area contributed by atoms with Crippen LogP contribution >= 0.6 is 27.3 Å². The number of H-pyrrole nitrogens is 1. The van der Waals surface area contributed by atoms with Crippen LogP contribution in [-0.2, 0) is 6.54 Å². The number of hydrogen-bond donors (Lipinski definition) is 1. The maximum atomic E-state index is 12.8. The van der Waals surface area contributed by atoms with Gasteiger partial charge in [-0.25, -0.2) is 4.98 Å². The molecule has 0 atom stereocenters. The summed E-state index contributed by atoms with van der Waals surface area (Å²) in [6.45, 7) is 2.48. The van der Waals surface area contributed by atoms with E-state index in [4.69, 9.17) is 9.47 Å². The van der Waals surface area contributed by atoms with Crippen molar-refractivity contribution in [3.8, 4) is 11.5 Å². The monoisotopic (exact) mass is 451 g/mol. The Bertz CT molecular complexity index is 1050. The van der Waals surface area contributed by atoms with Gasteiger partial charge in [-0.3, -0.25) is 9.59 Å². The number of fused-ring (bicyclic) bond motifs is 1. The molecule has 0 fully saturated rings. The normalized spacial score (nSPS) is 10.8. The molecule has 2 heterocycles. The molecule has 1 aromatic carbocycles. The molecule has 1 amide bonds. The van der Waals surface area contributed by atoms with Gasteiger partial charge in [0.05, 0.1) is 30.3 Å². The Morgan fingerprint density at radius 2 is 2.19 bits per heavy atom. The molecule has 0 aliphatic carbocycles. The molecule has 0 bridgehead atoms. The van der Waals surface area contributed by atoms with Crippen molar-refractivity contribution in [2.45, 2.75) is 13.5 Å². The molecule has 9 heteroatoms. The minimum atomic E-state index is -0.229. The Labute approximate surface area is 168 Å². The van der Waals surface area contributed by atoms with Gasteiger partial charge in [-0.2, -0.15) is 0 Å². The lowest BCUT2D eigenvalue weighted by Gasteiger charge is -2.18. The number of amides is 1. The first-order valence-electron chi connectivity index (χ1n) is 8.16. The number of nitrogens with zero attached hydrogens (tertiary/aromatic N) is 2. The van der Waals surface area contributed by atoms with E-state index < -0.39 is 0 Å². The van der Waals surface area contributed by atoms with Crippen molar-refractivity contribution >= 4 is 43.4 Å². The zero-order chi connectivity index (χ0) is 19.6. The van der Waals surface area contributed by atoms with Gasteiger partial charge >= 0.3 is 0 Å². The van der Waals surface area contributed by atoms with E-state index in [1.807, 2.05) is 12.3 Å². The van der Waals surface area contributed by atoms with Crippen LogP contribution in [0, 0.1) is 0 Å². The highest BCUT2D eigenvalue weighted by Gasteiger charge is 2.19. The molecule has 0 unspecified atom stereocenters. The van der Waals surface area contributed by atoms with Crippen LogP contribution < -0.4 is 15.0 Å². The number of thiophene rings is 1. The predicted octanol–water partition coefficient (Wildman–Crippen LogP) is 3.43. The predicted molar refractivity (Wildman–Crippen MR) is 108 cm³/mol. The van der Waals surface area contributed by atoms with Crippen LogP contribution in [-0.4, -0.2) is 41.5 Å². The van der Waals surface area contributed by atoms with E-state index in [2.05, 4.69) is 25.9 Å². The molecule has 0 aliphatic rings. The van der Waals surface area contributed by atoms with Crippen LogP contribution in [0.2, 0.25) is 0 Å². The zero-order valence-electron chi connectivity index (χ0n) is 15.0. The number of halogens is 1. The molecule has 0 spiro atoms. The Hall–Kier alpha value is -2.39. The second-order valence-electron chi connectivity index (χ2n) is 5.73. The van der Waals surface area contributed by atoms with Crippen LogP contribution in [0.3, 0.4) is 0 Å². The lowest BCUT2D eigenvalue weighted by molar-refractivity contribution is 0.0781. The van der Waals surface area contributed by atoms with E-state index in [0.717, 1.165) is 0 Å². The standard InChI is InChI=1S/C18H18BrN3O4S/c1-4-26-13-8-10(7-11(19)15(13)25-3)18(24)22(2)9-14-20-12-5-6-27-16(12)17(23)21-14/h5-8H,4,9H2,1-3H3,(H,20,21,23). The molecule has 0 radical (unpaired) electrons. The van der Waals surface area contributed by atoms with Crippen molar-refractivity contribution < 1.29 is 14.3 Å². The summed E-state index contributed by atoms with van der Waals surface area (Å²) in [7, 11) is 3.19. The summed E-state index contributed by atoms with van der Waals surface area (Å²) in [4.78, 5) is 33.6. The Morgan fingerprint density at radius 3 is 2.89 bits per heavy atom. The van der Waals surface area contributed by atoms with Gasteiger partial charge in [0.25, 0.3) is 11.5 Å². The molecule has 7 nitrogen and oxygen atoms in total. The second-order valence-corrected chi connectivity index (χ2v) is 7.50. The molecule has 1 N–H and O–H groups in total. The average molecular weight is 452 g/mol. The average Bonchev–Trinajstić information content (AvgIpc) is 3.10. The fraction of sp³-hybridized carbons (Fsp3) is 0.278. The quantitative estimate of drug-likeness (QED) is 0.620. The summed E-state index contributed by atoms with van der Waals surface area (Å²) in [6.07, 6.45) is 0. The van der Waals surface area contributed by atoms with E-state index in [1.165, 1.54) is 16.2 Å². The summed E-state index contributed by atoms with van der Waals surface area (Å²) in [5.41, 5.74) is 0.870. The highest BCUT2D eigenvalue weighted by atomic mass is 79.9. The van der Waals surface area contributed by atoms with Crippen molar-refractivity contribution in [2.75, 3.05) is 20.8 Å². The number of aromatic amines is 1. The number of hydrogen-bond acceptors (Lipinski definition) is 6. The Kier molecular flexibility index (Phi) is 5.81. The first-order valence-corrected chi connectivity index (χ1v) is 9.84. The summed E-state index contributed by atoms with van der Waals surface area (Å²) < 4.78 is 12.1. The van der Waals surface area contributed by atoms with Crippen LogP contribution in [0.25, 0.3) is 10.2 Å². The number of aromatic nitrogens is 2. The zero-order valence-corrected chi connectivity index (χ0v) is 17.4. The number of methoxy groups -OCH3 is 1. The number of carbonyl (C=O) groups is 1. The van der Waals surface area contributed by atoms with Gasteiger partial charge < -0.3 is 19.4 Å². The Morgan fingerprint density at radius 1 is 1.41 bits per heavy atom. The molecule has 27 heavy (non-hydrogen) atoms. The number of rotatable bonds is 6. The van der Waals surface area contributed by atoms with Crippen molar-refractivity contribution in [1.82, 2.24) is 14.9 Å². The lowest BCUT2D eigenvalue weighted by Crippen LogP contribution is -2.28. The van der Waals surface area contributed by atoms with Crippen molar-refractivity contribution in [3.05, 3.63) is 49.8 Å². The molecule has 2 aromatic heterocycles. The lowest BCUT2D eigenvalue weighted by atomic mass is 10.1. The third-order valence-corrected chi connectivity index (χ3v) is 5.35. The topological polar surface area (TPSA) is 84.5 Å². The van der Waals surface area contributed by atoms with E-state index in [1.54, 1.807) is 32.4 Å². The van der Waals surface area contributed by atoms with Crippen LogP contribution in [0.15, 0.2) is 32.8 Å². The highest BCUT2D eigenvalue weighted by molar-refractivity contribution is 9.10. The van der Waals surface area contributed by atoms with E-state index >= 15 is 0 Å². The molecule has 3 rings (SSSR count). The minimum absolute atomic E-state index is 0.174. The molecule has 142 valence electrons. The number of carbonyl (C=O) groups excluding carboxylic acids is 1. The molecule has 3 aromatic rings. The summed E-state index contributed by atoms with van der Waals surface area (Å²) in [5, 5.41) is 1.82. The van der Waals surface area contributed by atoms with Gasteiger partial charge in [-0.15, -0.1) is 11.3 Å². The Balaban J connectivity index is 1.87. The minimum Gasteiger partial charge on any atom is -0.492 e. The SMILES string of the molecule is CCOc1cc(C(=O)N(C)Cc2nc3ccsc3c(=O)[nH]2)cc(Br)c1OC. The van der Waals surface area contributed by atoms with Gasteiger partial charge in [0.15, 0.2) is 11.5 Å². The third kappa shape index (κ3) is 3.98. The highest BCUT2D eigenvalue weighted by Crippen LogP contribution is 2.36. The molecular weight excluding hydrogens is 434 g/mol. The van der Waals surface area contributed by atoms with Gasteiger partial charge in [-0.05, 0) is 46.4 Å². The number of ether oxygens (including phenoxy) is 2. The summed E-state index contributed by atoms with van der Waals surface area (Å²) >= 11 is 4.75. The van der Waals surface area contributed by atoms with Crippen LogP contribution in [0.1, 0.15) is 23.1 Å². The van der Waals surface area contributed by atoms with E-state index in [0.29, 0.717) is 44.2 Å². The maximum Gasteiger partial charge on any atom is 0.268 e. The third-order valence-electron chi connectivity index (χ3n) is 3.86. The van der Waals surface area contributed by atoms with Crippen LogP contribution in [0.5, 0.6) is 11.5 Å². The number of nitrogens with one attached hydrogen (secondary N) is 1. The van der Waals surface area contributed by atoms with Crippen molar-refractivity contribution in [3.63, 3.8) is 0 Å². The summed E-state index contributed by atoms with van der Waals surface area (Å²) in [6, 6.07) is 5.11. The molecule has 0 saturated carbocycles. The second kappa shape index (κ2) is 8.10. The summed E-state index contributed by atoms with van der Waals surface area (Å²) in [5.74, 6) is 1.22. The largest absolute Gasteiger partial charge is 0.492 e. The van der Waals surface area contributed by atoms with Gasteiger partial charge in [0, 0.05) is 12.6 Å². The van der Waals surface area contributed by atoms with Gasteiger partial charge in [0.2, 0.25) is 0 Å². The fourth-order valence-corrected chi connectivity index (χ4v) is 4.00. The molecule has 0 saturated heterocycles. The van der Waals surface area contributed by atoms with Gasteiger partial charge in [-0.1, -0.05) is 0 Å². The molecule has 0 aliphatic heterocycles. The smallest absolute Gasteiger partial charge is 0.268 e. The van der Waals surface area contributed by atoms with E-state index in [9.17, 15) is 9.59 Å². The van der Waals surface area contributed by atoms with Crippen LogP contribution in [0.4, 0.5) is 0 Å². The van der Waals surface area contributed by atoms with E-state index in [-0.39, 0.29) is 18.0 Å². The number of benzene rings is 1. The van der Waals surface area contributed by atoms with Crippen molar-refractivity contribution in [2.24, 2.45) is 0 Å². The first-order chi connectivity index (χ1) is 12.9.